The number of aromatic amines is 1. The quantitative estimate of drug-likeness (QED) is 0.488. The Hall–Kier alpha value is -3.59. The Morgan fingerprint density at radius 3 is 3.10 bits per heavy atom. The predicted octanol–water partition coefficient (Wildman–Crippen LogP) is 2.82. The zero-order valence-corrected chi connectivity index (χ0v) is 17.0. The average Bonchev–Trinajstić information content (AvgIpc) is 3.52. The van der Waals surface area contributed by atoms with Gasteiger partial charge in [0.05, 0.1) is 41.3 Å². The fourth-order valence-electron chi connectivity index (χ4n) is 4.02. The summed E-state index contributed by atoms with van der Waals surface area (Å²) in [6.07, 6.45) is 8.25. The van der Waals surface area contributed by atoms with Gasteiger partial charge in [0.2, 0.25) is 0 Å². The number of aryl methyl sites for hydroxylation is 1. The molecular formula is C21H17N7OS. The Morgan fingerprint density at radius 1 is 1.30 bits per heavy atom. The number of allylic oxidation sites excluding steroid dienone is 1. The van der Waals surface area contributed by atoms with Crippen LogP contribution in [0.4, 0.5) is 0 Å². The van der Waals surface area contributed by atoms with E-state index in [9.17, 15) is 4.79 Å². The molecule has 0 aliphatic carbocycles. The molecule has 1 aliphatic heterocycles. The summed E-state index contributed by atoms with van der Waals surface area (Å²) in [6, 6.07) is 5.89. The molecule has 30 heavy (non-hydrogen) atoms. The first kappa shape index (κ1) is 17.3. The number of benzene rings is 1. The molecule has 148 valence electrons. The lowest BCUT2D eigenvalue weighted by molar-refractivity contribution is 0.646. The Kier molecular flexibility index (Phi) is 3.72. The third-order valence-electron chi connectivity index (χ3n) is 5.47. The number of aliphatic imine (C=N–C) groups is 1. The van der Waals surface area contributed by atoms with E-state index in [1.165, 1.54) is 4.68 Å². The van der Waals surface area contributed by atoms with E-state index in [4.69, 9.17) is 4.98 Å². The summed E-state index contributed by atoms with van der Waals surface area (Å²) in [5.74, 6) is 0. The first-order valence-electron chi connectivity index (χ1n) is 9.64. The van der Waals surface area contributed by atoms with Gasteiger partial charge in [-0.05, 0) is 12.1 Å². The number of nitrogens with zero attached hydrogens (tertiary/aromatic N) is 6. The van der Waals surface area contributed by atoms with E-state index in [-0.39, 0.29) is 5.56 Å². The lowest BCUT2D eigenvalue weighted by Gasteiger charge is -2.06. The first-order chi connectivity index (χ1) is 14.7. The smallest absolute Gasteiger partial charge is 0.291 e. The van der Waals surface area contributed by atoms with Crippen LogP contribution in [-0.2, 0) is 20.0 Å². The van der Waals surface area contributed by atoms with Crippen LogP contribution in [0.1, 0.15) is 10.6 Å². The van der Waals surface area contributed by atoms with Crippen LogP contribution in [0.25, 0.3) is 32.3 Å². The maximum absolute atomic E-state index is 13.3. The highest BCUT2D eigenvalue weighted by molar-refractivity contribution is 7.19. The molecule has 5 aromatic rings. The zero-order valence-electron chi connectivity index (χ0n) is 16.2. The van der Waals surface area contributed by atoms with Crippen LogP contribution < -0.4 is 5.56 Å². The van der Waals surface area contributed by atoms with Crippen LogP contribution in [0.3, 0.4) is 0 Å². The van der Waals surface area contributed by atoms with Gasteiger partial charge in [0.1, 0.15) is 10.5 Å². The van der Waals surface area contributed by atoms with Gasteiger partial charge in [-0.3, -0.25) is 9.79 Å². The normalized spacial score (nSPS) is 13.8. The van der Waals surface area contributed by atoms with Crippen LogP contribution in [0.15, 0.2) is 52.7 Å². The largest absolute Gasteiger partial charge is 0.345 e. The number of aromatic nitrogens is 6. The molecule has 0 unspecified atom stereocenters. The van der Waals surface area contributed by atoms with E-state index in [1.54, 1.807) is 23.9 Å². The van der Waals surface area contributed by atoms with E-state index >= 15 is 0 Å². The Labute approximate surface area is 174 Å². The molecule has 0 atom stereocenters. The number of thiazole rings is 1. The van der Waals surface area contributed by atoms with Gasteiger partial charge in [-0.2, -0.15) is 5.10 Å². The highest BCUT2D eigenvalue weighted by Crippen LogP contribution is 2.31. The minimum Gasteiger partial charge on any atom is -0.345 e. The molecule has 4 aromatic heterocycles. The number of hydrogen-bond acceptors (Lipinski definition) is 6. The van der Waals surface area contributed by atoms with Crippen molar-refractivity contribution >= 4 is 49.3 Å². The average molecular weight is 415 g/mol. The molecule has 5 heterocycles. The first-order valence-corrected chi connectivity index (χ1v) is 10.5. The summed E-state index contributed by atoms with van der Waals surface area (Å²) in [6.45, 7) is 1.11. The molecule has 0 bridgehead atoms. The summed E-state index contributed by atoms with van der Waals surface area (Å²) in [5.41, 5.74) is 5.11. The van der Waals surface area contributed by atoms with Crippen LogP contribution in [0.2, 0.25) is 0 Å². The molecular weight excluding hydrogens is 398 g/mol. The maximum Gasteiger partial charge on any atom is 0.291 e. The maximum atomic E-state index is 13.3. The molecule has 6 rings (SSSR count). The molecule has 1 aromatic carbocycles. The van der Waals surface area contributed by atoms with Crippen molar-refractivity contribution in [3.63, 3.8) is 0 Å². The van der Waals surface area contributed by atoms with E-state index in [1.807, 2.05) is 42.0 Å². The van der Waals surface area contributed by atoms with Crippen LogP contribution in [0, 0.1) is 0 Å². The van der Waals surface area contributed by atoms with Gasteiger partial charge in [-0.1, -0.05) is 18.2 Å². The van der Waals surface area contributed by atoms with Crippen molar-refractivity contribution in [2.24, 2.45) is 12.0 Å². The fraction of sp³-hybridized carbons (Fsp3) is 0.190. The van der Waals surface area contributed by atoms with Crippen molar-refractivity contribution in [1.29, 1.82) is 0 Å². The Morgan fingerprint density at radius 2 is 2.23 bits per heavy atom. The van der Waals surface area contributed by atoms with E-state index in [0.717, 1.165) is 56.0 Å². The number of fused-ring (bicyclic) bond motifs is 4. The number of hydrogen-bond donors (Lipinski definition) is 1. The summed E-state index contributed by atoms with van der Waals surface area (Å²) in [7, 11) is 1.89. The number of H-pyrrole nitrogens is 1. The summed E-state index contributed by atoms with van der Waals surface area (Å²) >= 11 is 1.61. The van der Waals surface area contributed by atoms with E-state index in [2.05, 4.69) is 20.1 Å². The van der Waals surface area contributed by atoms with Crippen molar-refractivity contribution in [3.05, 3.63) is 63.8 Å². The molecule has 9 heteroatoms. The molecule has 1 N–H and O–H groups in total. The standard InChI is InChI=1S/C21H17N7OS/c1-27-18-14(19-20(27)26-16(30-19)8-13-5-3-7-22-13)9-25-28(21(18)29)10-12-4-2-6-15-17(12)24-11-23-15/h2-6,9,11H,7-8,10H2,1H3,(H,23,24). The minimum absolute atomic E-state index is 0.127. The van der Waals surface area contributed by atoms with Crippen molar-refractivity contribution in [2.75, 3.05) is 6.54 Å². The molecule has 0 fully saturated rings. The van der Waals surface area contributed by atoms with Crippen molar-refractivity contribution in [2.45, 2.75) is 13.0 Å². The molecule has 8 nitrogen and oxygen atoms in total. The number of nitrogens with one attached hydrogen (secondary N) is 1. The summed E-state index contributed by atoms with van der Waals surface area (Å²) in [5, 5.41) is 6.31. The lowest BCUT2D eigenvalue weighted by atomic mass is 10.2. The van der Waals surface area contributed by atoms with Gasteiger partial charge in [0.15, 0.2) is 5.65 Å². The Bertz CT molecular complexity index is 1560. The molecule has 0 saturated carbocycles. The van der Waals surface area contributed by atoms with Crippen molar-refractivity contribution in [3.8, 4) is 0 Å². The van der Waals surface area contributed by atoms with Crippen LogP contribution >= 0.6 is 11.3 Å². The third kappa shape index (κ3) is 2.55. The van der Waals surface area contributed by atoms with E-state index in [0.29, 0.717) is 12.1 Å². The highest BCUT2D eigenvalue weighted by atomic mass is 32.1. The van der Waals surface area contributed by atoms with Gasteiger partial charge in [0.25, 0.3) is 5.56 Å². The second kappa shape index (κ2) is 6.46. The predicted molar refractivity (Wildman–Crippen MR) is 118 cm³/mol. The van der Waals surface area contributed by atoms with Crippen LogP contribution in [0.5, 0.6) is 0 Å². The number of para-hydroxylation sites is 1. The summed E-state index contributed by atoms with van der Waals surface area (Å²) < 4.78 is 4.37. The Balaban J connectivity index is 1.44. The highest BCUT2D eigenvalue weighted by Gasteiger charge is 2.19. The SMILES string of the molecule is Cn1c2nc(CC3=NCC=C3)sc2c2cnn(Cc3cccc4[nH]cnc34)c(=O)c21. The molecule has 0 amide bonds. The molecule has 0 radical (unpaired) electrons. The summed E-state index contributed by atoms with van der Waals surface area (Å²) in [4.78, 5) is 30.0. The third-order valence-corrected chi connectivity index (χ3v) is 6.54. The lowest BCUT2D eigenvalue weighted by Crippen LogP contribution is -2.24. The van der Waals surface area contributed by atoms with Gasteiger partial charge in [0, 0.05) is 30.1 Å². The van der Waals surface area contributed by atoms with Crippen molar-refractivity contribution in [1.82, 2.24) is 29.3 Å². The number of rotatable bonds is 4. The van der Waals surface area contributed by atoms with Gasteiger partial charge in [-0.25, -0.2) is 14.6 Å². The second-order valence-corrected chi connectivity index (χ2v) is 8.40. The van der Waals surface area contributed by atoms with E-state index < -0.39 is 0 Å². The van der Waals surface area contributed by atoms with Gasteiger partial charge < -0.3 is 9.55 Å². The fourth-order valence-corrected chi connectivity index (χ4v) is 5.14. The molecule has 0 saturated heterocycles. The van der Waals surface area contributed by atoms with Crippen molar-refractivity contribution < 1.29 is 0 Å². The van der Waals surface area contributed by atoms with Gasteiger partial charge in [-0.15, -0.1) is 11.3 Å². The number of imidazole rings is 1. The second-order valence-electron chi connectivity index (χ2n) is 7.32. The molecule has 1 aliphatic rings. The molecule has 0 spiro atoms. The zero-order chi connectivity index (χ0) is 20.2. The minimum atomic E-state index is -0.127. The van der Waals surface area contributed by atoms with Gasteiger partial charge >= 0.3 is 0 Å². The topological polar surface area (TPSA) is 93.8 Å². The van der Waals surface area contributed by atoms with Crippen LogP contribution in [-0.4, -0.2) is 41.6 Å². The monoisotopic (exact) mass is 415 g/mol.